The summed E-state index contributed by atoms with van der Waals surface area (Å²) in [5.74, 6) is -0.0838. The van der Waals surface area contributed by atoms with Crippen LogP contribution in [0, 0.1) is 0 Å². The van der Waals surface area contributed by atoms with Gasteiger partial charge in [0, 0.05) is 18.8 Å². The average Bonchev–Trinajstić information content (AvgIpc) is 2.38. The molecular weight excluding hydrogens is 230 g/mol. The molecule has 0 unspecified atom stereocenters. The second-order valence-electron chi connectivity index (χ2n) is 4.05. The van der Waals surface area contributed by atoms with E-state index in [-0.39, 0.29) is 19.1 Å². The van der Waals surface area contributed by atoms with Crippen LogP contribution in [0.4, 0.5) is 5.69 Å². The normalized spacial score (nSPS) is 10.7. The fraction of sp³-hybridized carbons (Fsp3) is 0.462. The van der Waals surface area contributed by atoms with E-state index in [1.165, 1.54) is 0 Å². The number of aliphatic hydroxyl groups is 1. The molecular formula is C13H21N3O2. The summed E-state index contributed by atoms with van der Waals surface area (Å²) in [6.45, 7) is 3.99. The number of carbonyl (C=O) groups is 1. The second kappa shape index (κ2) is 7.81. The van der Waals surface area contributed by atoms with Crippen LogP contribution in [0.2, 0.25) is 0 Å². The van der Waals surface area contributed by atoms with Crippen molar-refractivity contribution in [3.63, 3.8) is 0 Å². The first-order chi connectivity index (χ1) is 8.69. The molecule has 5 heteroatoms. The van der Waals surface area contributed by atoms with Crippen molar-refractivity contribution in [2.45, 2.75) is 13.5 Å². The fourth-order valence-electron chi connectivity index (χ4n) is 1.67. The molecule has 0 heterocycles. The van der Waals surface area contributed by atoms with Crippen LogP contribution in [0.25, 0.3) is 0 Å². The van der Waals surface area contributed by atoms with E-state index in [1.807, 2.05) is 36.1 Å². The van der Waals surface area contributed by atoms with E-state index in [1.54, 1.807) is 0 Å². The van der Waals surface area contributed by atoms with Crippen LogP contribution >= 0.6 is 0 Å². The predicted octanol–water partition coefficient (Wildman–Crippen LogP) is 0.398. The molecule has 0 fully saturated rings. The molecule has 1 rings (SSSR count). The Morgan fingerprint density at radius 2 is 2.28 bits per heavy atom. The molecule has 18 heavy (non-hydrogen) atoms. The first-order valence-corrected chi connectivity index (χ1v) is 6.11. The number of benzene rings is 1. The first kappa shape index (κ1) is 14.6. The summed E-state index contributed by atoms with van der Waals surface area (Å²) in [6, 6.07) is 7.47. The lowest BCUT2D eigenvalue weighted by Gasteiger charge is -2.18. The van der Waals surface area contributed by atoms with E-state index in [4.69, 9.17) is 10.8 Å². The van der Waals surface area contributed by atoms with Crippen molar-refractivity contribution in [2.24, 2.45) is 5.73 Å². The Balaban J connectivity index is 2.52. The molecule has 5 nitrogen and oxygen atoms in total. The number of likely N-dealkylation sites (N-methyl/N-ethyl adjacent to an activating group) is 1. The van der Waals surface area contributed by atoms with Gasteiger partial charge in [-0.25, -0.2) is 0 Å². The molecule has 1 aromatic rings. The van der Waals surface area contributed by atoms with Gasteiger partial charge in [0.1, 0.15) is 0 Å². The Morgan fingerprint density at radius 1 is 1.50 bits per heavy atom. The summed E-state index contributed by atoms with van der Waals surface area (Å²) in [7, 11) is 0. The summed E-state index contributed by atoms with van der Waals surface area (Å²) in [5.41, 5.74) is 7.28. The van der Waals surface area contributed by atoms with Crippen molar-refractivity contribution in [1.29, 1.82) is 0 Å². The van der Waals surface area contributed by atoms with Gasteiger partial charge in [-0.05, 0) is 24.2 Å². The van der Waals surface area contributed by atoms with Crippen molar-refractivity contribution >= 4 is 11.6 Å². The predicted molar refractivity (Wildman–Crippen MR) is 72.2 cm³/mol. The maximum atomic E-state index is 11.8. The number of nitrogens with zero attached hydrogens (tertiary/aromatic N) is 1. The zero-order valence-corrected chi connectivity index (χ0v) is 10.7. The maximum Gasteiger partial charge on any atom is 0.238 e. The van der Waals surface area contributed by atoms with Crippen molar-refractivity contribution in [3.8, 4) is 0 Å². The average molecular weight is 251 g/mol. The number of amides is 1. The molecule has 0 spiro atoms. The minimum Gasteiger partial charge on any atom is -0.395 e. The highest BCUT2D eigenvalue weighted by atomic mass is 16.3. The second-order valence-corrected chi connectivity index (χ2v) is 4.05. The molecule has 0 saturated heterocycles. The third-order valence-electron chi connectivity index (χ3n) is 2.68. The lowest BCUT2D eigenvalue weighted by atomic mass is 10.2. The van der Waals surface area contributed by atoms with Gasteiger partial charge in [0.05, 0.1) is 13.2 Å². The summed E-state index contributed by atoms with van der Waals surface area (Å²) in [6.07, 6.45) is 0. The largest absolute Gasteiger partial charge is 0.395 e. The highest BCUT2D eigenvalue weighted by Gasteiger charge is 2.08. The summed E-state index contributed by atoms with van der Waals surface area (Å²) < 4.78 is 0. The number of hydrogen-bond acceptors (Lipinski definition) is 4. The minimum absolute atomic E-state index is 0.0593. The molecule has 0 bridgehead atoms. The Hall–Kier alpha value is -1.43. The van der Waals surface area contributed by atoms with Gasteiger partial charge in [-0.1, -0.05) is 19.1 Å². The van der Waals surface area contributed by atoms with Crippen LogP contribution in [-0.4, -0.2) is 42.2 Å². The van der Waals surface area contributed by atoms with Crippen molar-refractivity contribution in [2.75, 3.05) is 31.6 Å². The van der Waals surface area contributed by atoms with E-state index in [0.29, 0.717) is 13.1 Å². The number of hydrogen-bond donors (Lipinski definition) is 3. The maximum absolute atomic E-state index is 11.8. The standard InChI is InChI=1S/C13H21N3O2/c1-2-16(6-7-17)10-13(18)15-12-5-3-4-11(8-12)9-14/h3-5,8,17H,2,6-7,9-10,14H2,1H3,(H,15,18). The molecule has 0 radical (unpaired) electrons. The van der Waals surface area contributed by atoms with Gasteiger partial charge in [-0.15, -0.1) is 0 Å². The summed E-state index contributed by atoms with van der Waals surface area (Å²) in [5, 5.41) is 11.7. The zero-order chi connectivity index (χ0) is 13.4. The molecule has 0 aliphatic heterocycles. The van der Waals surface area contributed by atoms with Crippen molar-refractivity contribution in [1.82, 2.24) is 4.90 Å². The molecule has 0 aliphatic rings. The fourth-order valence-corrected chi connectivity index (χ4v) is 1.67. The Bertz CT molecular complexity index is 382. The third kappa shape index (κ3) is 4.83. The van der Waals surface area contributed by atoms with Gasteiger partial charge in [0.15, 0.2) is 0 Å². The van der Waals surface area contributed by atoms with Crippen LogP contribution in [0.3, 0.4) is 0 Å². The van der Waals surface area contributed by atoms with Crippen LogP contribution in [-0.2, 0) is 11.3 Å². The lowest BCUT2D eigenvalue weighted by molar-refractivity contribution is -0.117. The molecule has 1 aromatic carbocycles. The number of nitrogens with one attached hydrogen (secondary N) is 1. The van der Waals surface area contributed by atoms with Crippen LogP contribution in [0.1, 0.15) is 12.5 Å². The van der Waals surface area contributed by atoms with E-state index in [9.17, 15) is 4.79 Å². The topological polar surface area (TPSA) is 78.6 Å². The molecule has 1 amide bonds. The zero-order valence-electron chi connectivity index (χ0n) is 10.7. The van der Waals surface area contributed by atoms with E-state index < -0.39 is 0 Å². The monoisotopic (exact) mass is 251 g/mol. The Morgan fingerprint density at radius 3 is 2.89 bits per heavy atom. The molecule has 0 aliphatic carbocycles. The van der Waals surface area contributed by atoms with Gasteiger partial charge in [0.25, 0.3) is 0 Å². The van der Waals surface area contributed by atoms with E-state index >= 15 is 0 Å². The molecule has 100 valence electrons. The van der Waals surface area contributed by atoms with Gasteiger partial charge < -0.3 is 16.2 Å². The number of carbonyl (C=O) groups excluding carboxylic acids is 1. The molecule has 0 atom stereocenters. The van der Waals surface area contributed by atoms with Gasteiger partial charge in [0.2, 0.25) is 5.91 Å². The SMILES string of the molecule is CCN(CCO)CC(=O)Nc1cccc(CN)c1. The van der Waals surface area contributed by atoms with Crippen molar-refractivity contribution in [3.05, 3.63) is 29.8 Å². The van der Waals surface area contributed by atoms with Gasteiger partial charge in [-0.2, -0.15) is 0 Å². The van der Waals surface area contributed by atoms with Crippen LogP contribution in [0.5, 0.6) is 0 Å². The molecule has 0 saturated carbocycles. The summed E-state index contributed by atoms with van der Waals surface area (Å²) >= 11 is 0. The first-order valence-electron chi connectivity index (χ1n) is 6.11. The van der Waals surface area contributed by atoms with E-state index in [0.717, 1.165) is 17.8 Å². The highest BCUT2D eigenvalue weighted by molar-refractivity contribution is 5.92. The third-order valence-corrected chi connectivity index (χ3v) is 2.68. The van der Waals surface area contributed by atoms with Crippen LogP contribution < -0.4 is 11.1 Å². The minimum atomic E-state index is -0.0838. The number of anilines is 1. The summed E-state index contributed by atoms with van der Waals surface area (Å²) in [4.78, 5) is 13.7. The Kier molecular flexibility index (Phi) is 6.35. The van der Waals surface area contributed by atoms with Gasteiger partial charge >= 0.3 is 0 Å². The lowest BCUT2D eigenvalue weighted by Crippen LogP contribution is -2.35. The van der Waals surface area contributed by atoms with Crippen LogP contribution in [0.15, 0.2) is 24.3 Å². The number of aliphatic hydroxyl groups excluding tert-OH is 1. The smallest absolute Gasteiger partial charge is 0.238 e. The quantitative estimate of drug-likeness (QED) is 0.655. The Labute approximate surface area is 108 Å². The van der Waals surface area contributed by atoms with Crippen molar-refractivity contribution < 1.29 is 9.90 Å². The number of nitrogens with two attached hydrogens (primary N) is 1. The molecule has 4 N–H and O–H groups in total. The highest BCUT2D eigenvalue weighted by Crippen LogP contribution is 2.10. The van der Waals surface area contributed by atoms with E-state index in [2.05, 4.69) is 5.32 Å². The van der Waals surface area contributed by atoms with Gasteiger partial charge in [-0.3, -0.25) is 9.69 Å². The molecule has 0 aromatic heterocycles. The number of rotatable bonds is 7.